The first-order chi connectivity index (χ1) is 12.0. The van der Waals surface area contributed by atoms with Gasteiger partial charge >= 0.3 is 0 Å². The number of sulfonamides is 1. The van der Waals surface area contributed by atoms with E-state index in [1.165, 1.54) is 19.2 Å². The lowest BCUT2D eigenvalue weighted by Gasteiger charge is -2.24. The van der Waals surface area contributed by atoms with E-state index in [1.54, 1.807) is 12.1 Å². The molecule has 0 radical (unpaired) electrons. The van der Waals surface area contributed by atoms with Crippen LogP contribution in [0.3, 0.4) is 0 Å². The van der Waals surface area contributed by atoms with Gasteiger partial charge in [-0.15, -0.1) is 0 Å². The molecular weight excluding hydrogens is 340 g/mol. The SMILES string of the molecule is CNS(=O)(=O)c1ccc(CNC(=O)C2COc3ccccc3C2)cc1. The number of hydrogen-bond acceptors (Lipinski definition) is 4. The summed E-state index contributed by atoms with van der Waals surface area (Å²) in [6, 6.07) is 14.1. The van der Waals surface area contributed by atoms with Gasteiger partial charge in [0.1, 0.15) is 12.4 Å². The van der Waals surface area contributed by atoms with E-state index in [0.717, 1.165) is 16.9 Å². The van der Waals surface area contributed by atoms with Crippen molar-refractivity contribution in [3.05, 3.63) is 59.7 Å². The molecule has 2 aromatic carbocycles. The van der Waals surface area contributed by atoms with Crippen LogP contribution in [0.15, 0.2) is 53.4 Å². The van der Waals surface area contributed by atoms with Crippen molar-refractivity contribution in [1.29, 1.82) is 0 Å². The number of hydrogen-bond donors (Lipinski definition) is 2. The Hall–Kier alpha value is -2.38. The minimum Gasteiger partial charge on any atom is -0.492 e. The molecule has 1 heterocycles. The van der Waals surface area contributed by atoms with Crippen LogP contribution < -0.4 is 14.8 Å². The highest BCUT2D eigenvalue weighted by molar-refractivity contribution is 7.89. The minimum atomic E-state index is -3.45. The average molecular weight is 360 g/mol. The third-order valence-electron chi connectivity index (χ3n) is 4.22. The van der Waals surface area contributed by atoms with Crippen LogP contribution in [-0.4, -0.2) is 28.0 Å². The summed E-state index contributed by atoms with van der Waals surface area (Å²) in [5.74, 6) is 0.549. The van der Waals surface area contributed by atoms with E-state index < -0.39 is 10.0 Å². The number of carbonyl (C=O) groups is 1. The van der Waals surface area contributed by atoms with Gasteiger partial charge in [0, 0.05) is 6.54 Å². The molecule has 0 aliphatic carbocycles. The zero-order valence-electron chi connectivity index (χ0n) is 13.9. The summed E-state index contributed by atoms with van der Waals surface area (Å²) >= 11 is 0. The lowest BCUT2D eigenvalue weighted by molar-refractivity contribution is -0.126. The molecule has 0 aromatic heterocycles. The number of nitrogens with one attached hydrogen (secondary N) is 2. The Morgan fingerprint density at radius 1 is 1.16 bits per heavy atom. The van der Waals surface area contributed by atoms with Gasteiger partial charge in [-0.05, 0) is 42.8 Å². The van der Waals surface area contributed by atoms with Crippen molar-refractivity contribution < 1.29 is 17.9 Å². The van der Waals surface area contributed by atoms with Gasteiger partial charge in [0.2, 0.25) is 15.9 Å². The van der Waals surface area contributed by atoms with Crippen molar-refractivity contribution in [2.45, 2.75) is 17.9 Å². The number of benzene rings is 2. The van der Waals surface area contributed by atoms with Crippen LogP contribution in [0.4, 0.5) is 0 Å². The number of amides is 1. The van der Waals surface area contributed by atoms with Gasteiger partial charge in [-0.3, -0.25) is 4.79 Å². The highest BCUT2D eigenvalue weighted by Gasteiger charge is 2.25. The molecule has 2 N–H and O–H groups in total. The van der Waals surface area contributed by atoms with Gasteiger partial charge in [0.25, 0.3) is 0 Å². The van der Waals surface area contributed by atoms with Crippen LogP contribution in [0.5, 0.6) is 5.75 Å². The number of para-hydroxylation sites is 1. The van der Waals surface area contributed by atoms with Crippen molar-refractivity contribution in [3.8, 4) is 5.75 Å². The molecule has 132 valence electrons. The Labute approximate surface area is 147 Å². The van der Waals surface area contributed by atoms with E-state index in [4.69, 9.17) is 4.74 Å². The van der Waals surface area contributed by atoms with Crippen molar-refractivity contribution in [2.75, 3.05) is 13.7 Å². The second-order valence-electron chi connectivity index (χ2n) is 5.89. The summed E-state index contributed by atoms with van der Waals surface area (Å²) in [6.45, 7) is 0.707. The van der Waals surface area contributed by atoms with Gasteiger partial charge in [-0.1, -0.05) is 30.3 Å². The van der Waals surface area contributed by atoms with Crippen molar-refractivity contribution in [3.63, 3.8) is 0 Å². The molecule has 1 atom stereocenters. The maximum absolute atomic E-state index is 12.4. The topological polar surface area (TPSA) is 84.5 Å². The van der Waals surface area contributed by atoms with Crippen molar-refractivity contribution >= 4 is 15.9 Å². The molecule has 1 amide bonds. The van der Waals surface area contributed by atoms with E-state index in [0.29, 0.717) is 19.6 Å². The van der Waals surface area contributed by atoms with Gasteiger partial charge in [0.05, 0.1) is 10.8 Å². The molecule has 1 unspecified atom stereocenters. The van der Waals surface area contributed by atoms with Crippen LogP contribution >= 0.6 is 0 Å². The quantitative estimate of drug-likeness (QED) is 0.845. The summed E-state index contributed by atoms with van der Waals surface area (Å²) in [7, 11) is -2.08. The Kier molecular flexibility index (Phi) is 5.06. The number of carbonyl (C=O) groups excluding carboxylic acids is 1. The van der Waals surface area contributed by atoms with E-state index in [9.17, 15) is 13.2 Å². The van der Waals surface area contributed by atoms with Crippen LogP contribution in [0, 0.1) is 5.92 Å². The monoisotopic (exact) mass is 360 g/mol. The Bertz CT molecular complexity index is 863. The molecule has 1 aliphatic rings. The predicted molar refractivity (Wildman–Crippen MR) is 93.7 cm³/mol. The Balaban J connectivity index is 1.58. The van der Waals surface area contributed by atoms with Crippen molar-refractivity contribution in [2.24, 2.45) is 5.92 Å². The van der Waals surface area contributed by atoms with E-state index in [2.05, 4.69) is 10.0 Å². The molecular formula is C18H20N2O4S. The van der Waals surface area contributed by atoms with Gasteiger partial charge < -0.3 is 10.1 Å². The molecule has 3 rings (SSSR count). The van der Waals surface area contributed by atoms with Crippen LogP contribution in [0.25, 0.3) is 0 Å². The minimum absolute atomic E-state index is 0.0681. The van der Waals surface area contributed by atoms with Crippen LogP contribution in [-0.2, 0) is 27.8 Å². The van der Waals surface area contributed by atoms with Crippen LogP contribution in [0.2, 0.25) is 0 Å². The first-order valence-electron chi connectivity index (χ1n) is 8.00. The number of rotatable bonds is 5. The molecule has 2 aromatic rings. The fourth-order valence-corrected chi connectivity index (χ4v) is 3.46. The first-order valence-corrected chi connectivity index (χ1v) is 9.49. The van der Waals surface area contributed by atoms with Gasteiger partial charge in [-0.2, -0.15) is 0 Å². The van der Waals surface area contributed by atoms with Gasteiger partial charge in [-0.25, -0.2) is 13.1 Å². The van der Waals surface area contributed by atoms with E-state index in [1.807, 2.05) is 24.3 Å². The van der Waals surface area contributed by atoms with Crippen LogP contribution in [0.1, 0.15) is 11.1 Å². The van der Waals surface area contributed by atoms with Crippen molar-refractivity contribution in [1.82, 2.24) is 10.0 Å². The first kappa shape index (κ1) is 17.4. The predicted octanol–water partition coefficient (Wildman–Crippen LogP) is 1.46. The fraction of sp³-hybridized carbons (Fsp3) is 0.278. The molecule has 0 fully saturated rings. The molecule has 0 saturated heterocycles. The normalized spacial score (nSPS) is 16.6. The maximum Gasteiger partial charge on any atom is 0.240 e. The lowest BCUT2D eigenvalue weighted by atomic mass is 9.96. The van der Waals surface area contributed by atoms with E-state index >= 15 is 0 Å². The Morgan fingerprint density at radius 3 is 2.60 bits per heavy atom. The zero-order valence-corrected chi connectivity index (χ0v) is 14.7. The zero-order chi connectivity index (χ0) is 17.9. The highest BCUT2D eigenvalue weighted by Crippen LogP contribution is 2.26. The summed E-state index contributed by atoms with van der Waals surface area (Å²) in [5, 5.41) is 2.89. The summed E-state index contributed by atoms with van der Waals surface area (Å²) in [4.78, 5) is 12.6. The maximum atomic E-state index is 12.4. The van der Waals surface area contributed by atoms with Gasteiger partial charge in [0.15, 0.2) is 0 Å². The third-order valence-corrected chi connectivity index (χ3v) is 5.65. The standard InChI is InChI=1S/C18H20N2O4S/c1-19-25(22,23)16-8-6-13(7-9-16)11-20-18(21)15-10-14-4-2-3-5-17(14)24-12-15/h2-9,15,19H,10-12H2,1H3,(H,20,21). The molecule has 0 spiro atoms. The fourth-order valence-electron chi connectivity index (χ4n) is 2.73. The third kappa shape index (κ3) is 4.00. The highest BCUT2D eigenvalue weighted by atomic mass is 32.2. The molecule has 0 bridgehead atoms. The average Bonchev–Trinajstić information content (AvgIpc) is 2.66. The largest absolute Gasteiger partial charge is 0.492 e. The molecule has 7 heteroatoms. The Morgan fingerprint density at radius 2 is 1.88 bits per heavy atom. The molecule has 1 aliphatic heterocycles. The summed E-state index contributed by atoms with van der Waals surface area (Å²) < 4.78 is 31.3. The van der Waals surface area contributed by atoms with E-state index in [-0.39, 0.29) is 16.7 Å². The molecule has 0 saturated carbocycles. The number of fused-ring (bicyclic) bond motifs is 1. The smallest absolute Gasteiger partial charge is 0.240 e. The second kappa shape index (κ2) is 7.25. The summed E-state index contributed by atoms with van der Waals surface area (Å²) in [6.07, 6.45) is 0.654. The summed E-state index contributed by atoms with van der Waals surface area (Å²) in [5.41, 5.74) is 1.87. The molecule has 6 nitrogen and oxygen atoms in total. The number of ether oxygens (including phenoxy) is 1. The second-order valence-corrected chi connectivity index (χ2v) is 7.78. The molecule has 25 heavy (non-hydrogen) atoms. The lowest BCUT2D eigenvalue weighted by Crippen LogP contribution is -2.37.